The third kappa shape index (κ3) is 4.73. The van der Waals surface area contributed by atoms with Crippen molar-refractivity contribution >= 4 is 34.5 Å². The molecule has 4 rings (SSSR count). The topological polar surface area (TPSA) is 42.0 Å². The van der Waals surface area contributed by atoms with Gasteiger partial charge in [-0.1, -0.05) is 71.8 Å². The smallest absolute Gasteiger partial charge is 0.230 e. The molecule has 4 aromatic rings. The second kappa shape index (κ2) is 8.60. The SMILES string of the molecule is Cc1ccc(-c2sc(-c3ccccc3)nc2CC(=O)Nc2ccc(Cl)cc2)cc1. The van der Waals surface area contributed by atoms with E-state index in [0.29, 0.717) is 5.02 Å². The number of anilines is 1. The van der Waals surface area contributed by atoms with Gasteiger partial charge in [0.15, 0.2) is 0 Å². The van der Waals surface area contributed by atoms with Crippen LogP contribution < -0.4 is 5.32 Å². The summed E-state index contributed by atoms with van der Waals surface area (Å²) in [6.45, 7) is 2.06. The Morgan fingerprint density at radius 3 is 2.31 bits per heavy atom. The van der Waals surface area contributed by atoms with Gasteiger partial charge in [-0.3, -0.25) is 4.79 Å². The van der Waals surface area contributed by atoms with Crippen LogP contribution in [0.3, 0.4) is 0 Å². The number of carbonyl (C=O) groups is 1. The molecule has 3 aromatic carbocycles. The molecule has 0 aliphatic heterocycles. The number of aryl methyl sites for hydroxylation is 1. The molecule has 144 valence electrons. The highest BCUT2D eigenvalue weighted by atomic mass is 35.5. The minimum absolute atomic E-state index is 0.106. The van der Waals surface area contributed by atoms with Crippen molar-refractivity contribution in [2.75, 3.05) is 5.32 Å². The zero-order valence-electron chi connectivity index (χ0n) is 15.9. The van der Waals surface area contributed by atoms with E-state index in [9.17, 15) is 4.79 Å². The predicted octanol–water partition coefficient (Wildman–Crippen LogP) is 6.62. The fraction of sp³-hybridized carbons (Fsp3) is 0.0833. The largest absolute Gasteiger partial charge is 0.326 e. The highest BCUT2D eigenvalue weighted by molar-refractivity contribution is 7.18. The maximum atomic E-state index is 12.7. The Morgan fingerprint density at radius 1 is 0.931 bits per heavy atom. The average molecular weight is 419 g/mol. The van der Waals surface area contributed by atoms with E-state index in [4.69, 9.17) is 16.6 Å². The van der Waals surface area contributed by atoms with Gasteiger partial charge in [0.05, 0.1) is 17.0 Å². The molecule has 0 unspecified atom stereocenters. The Bertz CT molecular complexity index is 1120. The number of benzene rings is 3. The van der Waals surface area contributed by atoms with Crippen molar-refractivity contribution in [2.45, 2.75) is 13.3 Å². The first-order valence-electron chi connectivity index (χ1n) is 9.26. The van der Waals surface area contributed by atoms with E-state index in [2.05, 4.69) is 36.5 Å². The molecule has 0 aliphatic rings. The Labute approximate surface area is 179 Å². The van der Waals surface area contributed by atoms with Gasteiger partial charge in [0.1, 0.15) is 5.01 Å². The van der Waals surface area contributed by atoms with Crippen LogP contribution >= 0.6 is 22.9 Å². The van der Waals surface area contributed by atoms with Crippen LogP contribution in [0.4, 0.5) is 5.69 Å². The zero-order chi connectivity index (χ0) is 20.2. The predicted molar refractivity (Wildman–Crippen MR) is 122 cm³/mol. The number of carbonyl (C=O) groups excluding carboxylic acids is 1. The van der Waals surface area contributed by atoms with Crippen LogP contribution in [0, 0.1) is 6.92 Å². The van der Waals surface area contributed by atoms with Crippen molar-refractivity contribution in [3.63, 3.8) is 0 Å². The summed E-state index contributed by atoms with van der Waals surface area (Å²) in [4.78, 5) is 18.5. The van der Waals surface area contributed by atoms with Gasteiger partial charge in [0.2, 0.25) is 5.91 Å². The van der Waals surface area contributed by atoms with Gasteiger partial charge >= 0.3 is 0 Å². The Balaban J connectivity index is 1.65. The van der Waals surface area contributed by atoms with Gasteiger partial charge < -0.3 is 5.32 Å². The summed E-state index contributed by atoms with van der Waals surface area (Å²) in [6, 6.07) is 25.5. The van der Waals surface area contributed by atoms with E-state index in [0.717, 1.165) is 32.4 Å². The number of hydrogen-bond donors (Lipinski definition) is 1. The van der Waals surface area contributed by atoms with Crippen molar-refractivity contribution in [3.8, 4) is 21.0 Å². The van der Waals surface area contributed by atoms with Gasteiger partial charge in [0, 0.05) is 16.3 Å². The van der Waals surface area contributed by atoms with E-state index in [1.807, 2.05) is 30.3 Å². The van der Waals surface area contributed by atoms with Crippen molar-refractivity contribution in [2.24, 2.45) is 0 Å². The molecule has 0 saturated heterocycles. The number of hydrogen-bond acceptors (Lipinski definition) is 3. The van der Waals surface area contributed by atoms with E-state index in [-0.39, 0.29) is 12.3 Å². The molecular weight excluding hydrogens is 400 g/mol. The molecule has 5 heteroatoms. The minimum atomic E-state index is -0.106. The highest BCUT2D eigenvalue weighted by Crippen LogP contribution is 2.36. The Morgan fingerprint density at radius 2 is 1.62 bits per heavy atom. The number of nitrogens with zero attached hydrogens (tertiary/aromatic N) is 1. The first-order chi connectivity index (χ1) is 14.1. The van der Waals surface area contributed by atoms with Crippen LogP contribution in [-0.4, -0.2) is 10.9 Å². The summed E-state index contributed by atoms with van der Waals surface area (Å²) >= 11 is 7.53. The molecule has 29 heavy (non-hydrogen) atoms. The number of nitrogens with one attached hydrogen (secondary N) is 1. The third-order valence-corrected chi connectivity index (χ3v) is 5.94. The second-order valence-corrected chi connectivity index (χ2v) is 8.19. The first kappa shape index (κ1) is 19.4. The van der Waals surface area contributed by atoms with E-state index in [1.54, 1.807) is 35.6 Å². The lowest BCUT2D eigenvalue weighted by atomic mass is 10.1. The highest BCUT2D eigenvalue weighted by Gasteiger charge is 2.17. The molecule has 0 aliphatic carbocycles. The Kier molecular flexibility index (Phi) is 5.74. The zero-order valence-corrected chi connectivity index (χ0v) is 17.4. The normalized spacial score (nSPS) is 10.7. The van der Waals surface area contributed by atoms with E-state index in [1.165, 1.54) is 5.56 Å². The third-order valence-electron chi connectivity index (χ3n) is 4.49. The fourth-order valence-corrected chi connectivity index (χ4v) is 4.22. The molecule has 1 aromatic heterocycles. The molecule has 0 saturated carbocycles. The molecule has 0 radical (unpaired) electrons. The van der Waals surface area contributed by atoms with Gasteiger partial charge in [-0.2, -0.15) is 0 Å². The summed E-state index contributed by atoms with van der Waals surface area (Å²) in [5.41, 5.74) is 4.82. The molecule has 1 amide bonds. The summed E-state index contributed by atoms with van der Waals surface area (Å²) in [5.74, 6) is -0.106. The lowest BCUT2D eigenvalue weighted by molar-refractivity contribution is -0.115. The van der Waals surface area contributed by atoms with Crippen LogP contribution in [0.25, 0.3) is 21.0 Å². The standard InChI is InChI=1S/C24H19ClN2OS/c1-16-7-9-17(10-8-16)23-21(27-24(29-23)18-5-3-2-4-6-18)15-22(28)26-20-13-11-19(25)12-14-20/h2-14H,15H2,1H3,(H,26,28). The average Bonchev–Trinajstić information content (AvgIpc) is 3.14. The summed E-state index contributed by atoms with van der Waals surface area (Å²) in [6.07, 6.45) is 0.204. The van der Waals surface area contributed by atoms with Crippen molar-refractivity contribution in [3.05, 3.63) is 95.1 Å². The summed E-state index contributed by atoms with van der Waals surface area (Å²) < 4.78 is 0. The van der Waals surface area contributed by atoms with Gasteiger partial charge in [-0.25, -0.2) is 4.98 Å². The fourth-order valence-electron chi connectivity index (χ4n) is 3.00. The van der Waals surface area contributed by atoms with Crippen molar-refractivity contribution < 1.29 is 4.79 Å². The molecule has 1 N–H and O–H groups in total. The summed E-state index contributed by atoms with van der Waals surface area (Å²) in [5, 5.41) is 4.47. The van der Waals surface area contributed by atoms with Gasteiger partial charge in [-0.05, 0) is 36.8 Å². The van der Waals surface area contributed by atoms with Crippen LogP contribution in [0.1, 0.15) is 11.3 Å². The van der Waals surface area contributed by atoms with Gasteiger partial charge in [-0.15, -0.1) is 11.3 Å². The van der Waals surface area contributed by atoms with Crippen LogP contribution in [0.15, 0.2) is 78.9 Å². The molecule has 0 fully saturated rings. The number of aromatic nitrogens is 1. The number of thiazole rings is 1. The molecular formula is C24H19ClN2OS. The molecule has 0 bridgehead atoms. The number of amides is 1. The molecule has 3 nitrogen and oxygen atoms in total. The van der Waals surface area contributed by atoms with E-state index >= 15 is 0 Å². The van der Waals surface area contributed by atoms with Crippen LogP contribution in [0.5, 0.6) is 0 Å². The second-order valence-electron chi connectivity index (χ2n) is 6.76. The van der Waals surface area contributed by atoms with Gasteiger partial charge in [0.25, 0.3) is 0 Å². The van der Waals surface area contributed by atoms with E-state index < -0.39 is 0 Å². The van der Waals surface area contributed by atoms with Crippen molar-refractivity contribution in [1.82, 2.24) is 4.98 Å². The molecule has 0 spiro atoms. The lowest BCUT2D eigenvalue weighted by Gasteiger charge is -2.06. The summed E-state index contributed by atoms with van der Waals surface area (Å²) in [7, 11) is 0. The lowest BCUT2D eigenvalue weighted by Crippen LogP contribution is -2.15. The minimum Gasteiger partial charge on any atom is -0.326 e. The quantitative estimate of drug-likeness (QED) is 0.395. The Hall–Kier alpha value is -2.95. The molecule has 0 atom stereocenters. The maximum absolute atomic E-state index is 12.7. The van der Waals surface area contributed by atoms with Crippen molar-refractivity contribution in [1.29, 1.82) is 0 Å². The van der Waals surface area contributed by atoms with Crippen LogP contribution in [0.2, 0.25) is 5.02 Å². The van der Waals surface area contributed by atoms with Crippen LogP contribution in [-0.2, 0) is 11.2 Å². The monoisotopic (exact) mass is 418 g/mol. The number of rotatable bonds is 5. The number of halogens is 1. The maximum Gasteiger partial charge on any atom is 0.230 e. The molecule has 1 heterocycles. The first-order valence-corrected chi connectivity index (χ1v) is 10.5.